The first-order valence-corrected chi connectivity index (χ1v) is 5.03. The SMILES string of the molecule is Cc1c(Br)cnn1C(C)C(C)C. The fourth-order valence-electron chi connectivity index (χ4n) is 1.10. The molecule has 0 aliphatic heterocycles. The molecule has 0 aliphatic carbocycles. The molecule has 1 heterocycles. The van der Waals surface area contributed by atoms with E-state index in [1.165, 1.54) is 5.69 Å². The molecule has 1 aromatic rings. The van der Waals surface area contributed by atoms with Crippen LogP contribution in [0.3, 0.4) is 0 Å². The van der Waals surface area contributed by atoms with E-state index in [1.54, 1.807) is 0 Å². The van der Waals surface area contributed by atoms with Gasteiger partial charge < -0.3 is 0 Å². The summed E-state index contributed by atoms with van der Waals surface area (Å²) in [6, 6.07) is 0.469. The Hall–Kier alpha value is -0.310. The number of halogens is 1. The van der Waals surface area contributed by atoms with Crippen molar-refractivity contribution in [3.8, 4) is 0 Å². The predicted octanol–water partition coefficient (Wildman–Crippen LogP) is 3.17. The Morgan fingerprint density at radius 2 is 2.00 bits per heavy atom. The van der Waals surface area contributed by atoms with E-state index in [0.717, 1.165) is 4.47 Å². The Bertz CT molecular complexity index is 265. The monoisotopic (exact) mass is 230 g/mol. The first-order valence-electron chi connectivity index (χ1n) is 4.23. The number of hydrogen-bond acceptors (Lipinski definition) is 1. The highest BCUT2D eigenvalue weighted by Gasteiger charge is 2.13. The highest BCUT2D eigenvalue weighted by atomic mass is 79.9. The van der Waals surface area contributed by atoms with Crippen LogP contribution in [-0.4, -0.2) is 9.78 Å². The summed E-state index contributed by atoms with van der Waals surface area (Å²) in [6.07, 6.45) is 1.86. The Morgan fingerprint density at radius 1 is 1.42 bits per heavy atom. The molecular weight excluding hydrogens is 216 g/mol. The quantitative estimate of drug-likeness (QED) is 0.764. The molecule has 3 heteroatoms. The molecule has 1 unspecified atom stereocenters. The van der Waals surface area contributed by atoms with Gasteiger partial charge in [-0.2, -0.15) is 5.10 Å². The maximum atomic E-state index is 4.31. The number of aromatic nitrogens is 2. The highest BCUT2D eigenvalue weighted by molar-refractivity contribution is 9.10. The van der Waals surface area contributed by atoms with E-state index in [4.69, 9.17) is 0 Å². The summed E-state index contributed by atoms with van der Waals surface area (Å²) in [7, 11) is 0. The molecule has 1 rings (SSSR count). The third kappa shape index (κ3) is 1.71. The molecule has 2 nitrogen and oxygen atoms in total. The molecule has 0 aliphatic rings. The summed E-state index contributed by atoms with van der Waals surface area (Å²) in [5.41, 5.74) is 1.20. The Labute approximate surface area is 82.1 Å². The summed E-state index contributed by atoms with van der Waals surface area (Å²) in [5.74, 6) is 0.621. The molecule has 12 heavy (non-hydrogen) atoms. The molecule has 0 bridgehead atoms. The van der Waals surface area contributed by atoms with Crippen LogP contribution >= 0.6 is 15.9 Å². The topological polar surface area (TPSA) is 17.8 Å². The minimum Gasteiger partial charge on any atom is -0.266 e. The summed E-state index contributed by atoms with van der Waals surface area (Å²) in [5, 5.41) is 4.31. The fraction of sp³-hybridized carbons (Fsp3) is 0.667. The van der Waals surface area contributed by atoms with E-state index in [2.05, 4.69) is 53.4 Å². The Morgan fingerprint density at radius 3 is 2.33 bits per heavy atom. The van der Waals surface area contributed by atoms with Crippen molar-refractivity contribution in [1.82, 2.24) is 9.78 Å². The zero-order chi connectivity index (χ0) is 9.30. The molecule has 1 aromatic heterocycles. The van der Waals surface area contributed by atoms with Gasteiger partial charge in [0.1, 0.15) is 0 Å². The zero-order valence-corrected chi connectivity index (χ0v) is 9.59. The number of nitrogens with zero attached hydrogens (tertiary/aromatic N) is 2. The van der Waals surface area contributed by atoms with Crippen LogP contribution in [0.5, 0.6) is 0 Å². The van der Waals surface area contributed by atoms with Gasteiger partial charge in [0.15, 0.2) is 0 Å². The van der Waals surface area contributed by atoms with Crippen LogP contribution < -0.4 is 0 Å². The van der Waals surface area contributed by atoms with Crippen molar-refractivity contribution in [1.29, 1.82) is 0 Å². The summed E-state index contributed by atoms with van der Waals surface area (Å²) >= 11 is 3.45. The number of rotatable bonds is 2. The lowest BCUT2D eigenvalue weighted by molar-refractivity contribution is 0.369. The number of hydrogen-bond donors (Lipinski definition) is 0. The average Bonchev–Trinajstić information content (AvgIpc) is 2.32. The second-order valence-corrected chi connectivity index (χ2v) is 4.36. The first-order chi connectivity index (χ1) is 5.54. The van der Waals surface area contributed by atoms with Crippen LogP contribution in [0.1, 0.15) is 32.5 Å². The summed E-state index contributed by atoms with van der Waals surface area (Å²) in [4.78, 5) is 0. The van der Waals surface area contributed by atoms with Crippen LogP contribution in [-0.2, 0) is 0 Å². The molecule has 0 amide bonds. The van der Waals surface area contributed by atoms with Crippen LogP contribution in [0.4, 0.5) is 0 Å². The molecule has 68 valence electrons. The van der Waals surface area contributed by atoms with E-state index in [1.807, 2.05) is 6.20 Å². The van der Waals surface area contributed by atoms with E-state index in [0.29, 0.717) is 12.0 Å². The van der Waals surface area contributed by atoms with Crippen LogP contribution in [0.15, 0.2) is 10.7 Å². The minimum atomic E-state index is 0.469. The predicted molar refractivity (Wildman–Crippen MR) is 54.2 cm³/mol. The lowest BCUT2D eigenvalue weighted by Gasteiger charge is -2.17. The fourth-order valence-corrected chi connectivity index (χ4v) is 1.37. The third-order valence-corrected chi connectivity index (χ3v) is 3.11. The van der Waals surface area contributed by atoms with Crippen molar-refractivity contribution in [3.05, 3.63) is 16.4 Å². The van der Waals surface area contributed by atoms with Gasteiger partial charge in [-0.15, -0.1) is 0 Å². The molecule has 1 atom stereocenters. The molecule has 0 radical (unpaired) electrons. The van der Waals surface area contributed by atoms with Crippen molar-refractivity contribution in [2.45, 2.75) is 33.7 Å². The van der Waals surface area contributed by atoms with Crippen LogP contribution in [0, 0.1) is 12.8 Å². The molecule has 0 N–H and O–H groups in total. The smallest absolute Gasteiger partial charge is 0.0635 e. The van der Waals surface area contributed by atoms with Gasteiger partial charge in [-0.05, 0) is 35.7 Å². The van der Waals surface area contributed by atoms with Crippen LogP contribution in [0.25, 0.3) is 0 Å². The van der Waals surface area contributed by atoms with E-state index in [-0.39, 0.29) is 0 Å². The first kappa shape index (κ1) is 9.78. The highest BCUT2D eigenvalue weighted by Crippen LogP contribution is 2.22. The summed E-state index contributed by atoms with van der Waals surface area (Å²) < 4.78 is 3.16. The lowest BCUT2D eigenvalue weighted by Crippen LogP contribution is -2.14. The van der Waals surface area contributed by atoms with Crippen molar-refractivity contribution in [2.24, 2.45) is 5.92 Å². The van der Waals surface area contributed by atoms with E-state index < -0.39 is 0 Å². The van der Waals surface area contributed by atoms with Crippen LogP contribution in [0.2, 0.25) is 0 Å². The van der Waals surface area contributed by atoms with Gasteiger partial charge in [-0.1, -0.05) is 13.8 Å². The molecule has 0 saturated carbocycles. The maximum Gasteiger partial charge on any atom is 0.0635 e. The second kappa shape index (κ2) is 3.60. The third-order valence-electron chi connectivity index (χ3n) is 2.34. The van der Waals surface area contributed by atoms with Crippen molar-refractivity contribution in [2.75, 3.05) is 0 Å². The second-order valence-electron chi connectivity index (χ2n) is 3.51. The Kier molecular flexibility index (Phi) is 2.94. The van der Waals surface area contributed by atoms with Gasteiger partial charge in [0.25, 0.3) is 0 Å². The van der Waals surface area contributed by atoms with Gasteiger partial charge in [-0.25, -0.2) is 0 Å². The normalized spacial score (nSPS) is 13.8. The minimum absolute atomic E-state index is 0.469. The van der Waals surface area contributed by atoms with Gasteiger partial charge in [0, 0.05) is 5.69 Å². The average molecular weight is 231 g/mol. The van der Waals surface area contributed by atoms with Gasteiger partial charge in [0.05, 0.1) is 16.7 Å². The summed E-state index contributed by atoms with van der Waals surface area (Å²) in [6.45, 7) is 8.69. The molecule has 0 saturated heterocycles. The standard InChI is InChI=1S/C9H15BrN2/c1-6(2)7(3)12-8(4)9(10)5-11-12/h5-7H,1-4H3. The Balaban J connectivity index is 2.95. The van der Waals surface area contributed by atoms with Crippen molar-refractivity contribution >= 4 is 15.9 Å². The zero-order valence-electron chi connectivity index (χ0n) is 8.00. The molecular formula is C9H15BrN2. The molecule has 0 aromatic carbocycles. The van der Waals surface area contributed by atoms with Gasteiger partial charge in [0.2, 0.25) is 0 Å². The van der Waals surface area contributed by atoms with Gasteiger partial charge >= 0.3 is 0 Å². The largest absolute Gasteiger partial charge is 0.266 e. The van der Waals surface area contributed by atoms with Crippen molar-refractivity contribution in [3.63, 3.8) is 0 Å². The lowest BCUT2D eigenvalue weighted by atomic mass is 10.1. The van der Waals surface area contributed by atoms with Gasteiger partial charge in [-0.3, -0.25) is 4.68 Å². The maximum absolute atomic E-state index is 4.31. The van der Waals surface area contributed by atoms with Crippen molar-refractivity contribution < 1.29 is 0 Å². The van der Waals surface area contributed by atoms with E-state index in [9.17, 15) is 0 Å². The molecule has 0 fully saturated rings. The molecule has 0 spiro atoms. The van der Waals surface area contributed by atoms with E-state index >= 15 is 0 Å².